The van der Waals surface area contributed by atoms with Gasteiger partial charge in [0, 0.05) is 25.2 Å². The number of hydrogen-bond donors (Lipinski definition) is 2. The molecule has 1 unspecified atom stereocenters. The molecule has 2 fully saturated rings. The van der Waals surface area contributed by atoms with Gasteiger partial charge in [0.2, 0.25) is 5.91 Å². The third-order valence-corrected chi connectivity index (χ3v) is 5.06. The maximum absolute atomic E-state index is 12.3. The average molecular weight is 374 g/mol. The first kappa shape index (κ1) is 19.5. The predicted octanol–water partition coefficient (Wildman–Crippen LogP) is 1.98. The van der Waals surface area contributed by atoms with E-state index in [0.29, 0.717) is 26.1 Å². The van der Waals surface area contributed by atoms with E-state index in [1.807, 2.05) is 31.2 Å². The fourth-order valence-corrected chi connectivity index (χ4v) is 3.69. The zero-order chi connectivity index (χ0) is 19.1. The summed E-state index contributed by atoms with van der Waals surface area (Å²) in [6.45, 7) is 7.09. The Balaban J connectivity index is 1.39. The van der Waals surface area contributed by atoms with Crippen molar-refractivity contribution in [2.75, 3.05) is 44.2 Å². The third-order valence-electron chi connectivity index (χ3n) is 5.06. The summed E-state index contributed by atoms with van der Waals surface area (Å²) in [6, 6.07) is 7.12. The van der Waals surface area contributed by atoms with Gasteiger partial charge in [0.15, 0.2) is 0 Å². The van der Waals surface area contributed by atoms with Crippen molar-refractivity contribution < 1.29 is 14.3 Å². The molecule has 2 N–H and O–H groups in total. The Morgan fingerprint density at radius 1 is 1.22 bits per heavy atom. The van der Waals surface area contributed by atoms with Crippen LogP contribution in [0, 0.1) is 0 Å². The quantitative estimate of drug-likeness (QED) is 0.683. The van der Waals surface area contributed by atoms with E-state index in [4.69, 9.17) is 4.74 Å². The van der Waals surface area contributed by atoms with Gasteiger partial charge in [-0.25, -0.2) is 4.79 Å². The van der Waals surface area contributed by atoms with Gasteiger partial charge in [-0.3, -0.25) is 4.79 Å². The van der Waals surface area contributed by atoms with Crippen LogP contribution < -0.4 is 20.3 Å². The lowest BCUT2D eigenvalue weighted by molar-refractivity contribution is -0.117. The number of nitrogens with zero attached hydrogens (tertiary/aromatic N) is 2. The lowest BCUT2D eigenvalue weighted by atomic mass is 10.2. The van der Waals surface area contributed by atoms with Crippen LogP contribution in [0.5, 0.6) is 5.75 Å². The molecule has 0 aromatic heterocycles. The lowest BCUT2D eigenvalue weighted by Crippen LogP contribution is -2.44. The molecule has 1 atom stereocenters. The second-order valence-electron chi connectivity index (χ2n) is 7.13. The lowest BCUT2D eigenvalue weighted by Gasteiger charge is -2.18. The highest BCUT2D eigenvalue weighted by Crippen LogP contribution is 2.24. The Bertz CT molecular complexity index is 629. The Morgan fingerprint density at radius 3 is 2.67 bits per heavy atom. The van der Waals surface area contributed by atoms with Gasteiger partial charge >= 0.3 is 6.03 Å². The van der Waals surface area contributed by atoms with Crippen LogP contribution in [-0.2, 0) is 4.79 Å². The highest BCUT2D eigenvalue weighted by molar-refractivity contribution is 5.96. The smallest absolute Gasteiger partial charge is 0.315 e. The van der Waals surface area contributed by atoms with E-state index in [2.05, 4.69) is 15.5 Å². The number of likely N-dealkylation sites (tertiary alicyclic amines) is 1. The van der Waals surface area contributed by atoms with Crippen LogP contribution in [0.2, 0.25) is 0 Å². The van der Waals surface area contributed by atoms with Crippen molar-refractivity contribution in [2.45, 2.75) is 38.6 Å². The summed E-state index contributed by atoms with van der Waals surface area (Å²) in [4.78, 5) is 28.5. The van der Waals surface area contributed by atoms with E-state index >= 15 is 0 Å². The third kappa shape index (κ3) is 5.60. The Morgan fingerprint density at radius 2 is 1.96 bits per heavy atom. The molecule has 2 aliphatic rings. The SMILES string of the molecule is CCOc1ccc(N2CC(NC(=O)NCCCN3CCCC3)CC2=O)cc1. The minimum absolute atomic E-state index is 0.0264. The molecule has 1 aromatic rings. The first-order chi connectivity index (χ1) is 13.2. The summed E-state index contributed by atoms with van der Waals surface area (Å²) in [6.07, 6.45) is 3.85. The number of anilines is 1. The Kier molecular flexibility index (Phi) is 6.92. The Labute approximate surface area is 161 Å². The first-order valence-electron chi connectivity index (χ1n) is 9.95. The van der Waals surface area contributed by atoms with Crippen LogP contribution in [0.4, 0.5) is 10.5 Å². The Hall–Kier alpha value is -2.28. The van der Waals surface area contributed by atoms with E-state index in [-0.39, 0.29) is 18.0 Å². The van der Waals surface area contributed by atoms with Gasteiger partial charge < -0.3 is 25.2 Å². The monoisotopic (exact) mass is 374 g/mol. The largest absolute Gasteiger partial charge is 0.494 e. The van der Waals surface area contributed by atoms with Gasteiger partial charge in [0.1, 0.15) is 5.75 Å². The minimum atomic E-state index is -0.192. The summed E-state index contributed by atoms with van der Waals surface area (Å²) >= 11 is 0. The van der Waals surface area contributed by atoms with Crippen LogP contribution in [0.25, 0.3) is 0 Å². The van der Waals surface area contributed by atoms with E-state index in [9.17, 15) is 9.59 Å². The van der Waals surface area contributed by atoms with Gasteiger partial charge in [0.05, 0.1) is 12.6 Å². The number of urea groups is 1. The molecule has 2 heterocycles. The van der Waals surface area contributed by atoms with Crippen LogP contribution in [0.3, 0.4) is 0 Å². The van der Waals surface area contributed by atoms with E-state index in [0.717, 1.165) is 24.4 Å². The van der Waals surface area contributed by atoms with Crippen molar-refractivity contribution in [3.8, 4) is 5.75 Å². The summed E-state index contributed by atoms with van der Waals surface area (Å²) in [7, 11) is 0. The molecule has 1 aromatic carbocycles. The minimum Gasteiger partial charge on any atom is -0.494 e. The number of amides is 3. The zero-order valence-electron chi connectivity index (χ0n) is 16.1. The summed E-state index contributed by atoms with van der Waals surface area (Å²) in [5.74, 6) is 0.814. The zero-order valence-corrected chi connectivity index (χ0v) is 16.1. The molecular weight excluding hydrogens is 344 g/mol. The van der Waals surface area contributed by atoms with Crippen LogP contribution >= 0.6 is 0 Å². The molecule has 0 saturated carbocycles. The van der Waals surface area contributed by atoms with Crippen molar-refractivity contribution in [3.05, 3.63) is 24.3 Å². The highest BCUT2D eigenvalue weighted by atomic mass is 16.5. The second-order valence-corrected chi connectivity index (χ2v) is 7.13. The molecule has 2 aliphatic heterocycles. The van der Waals surface area contributed by atoms with E-state index < -0.39 is 0 Å². The topological polar surface area (TPSA) is 73.9 Å². The predicted molar refractivity (Wildman–Crippen MR) is 105 cm³/mol. The van der Waals surface area contributed by atoms with Crippen molar-refractivity contribution >= 4 is 17.6 Å². The number of rotatable bonds is 8. The number of benzene rings is 1. The first-order valence-corrected chi connectivity index (χ1v) is 9.95. The van der Waals surface area contributed by atoms with Crippen LogP contribution in [0.1, 0.15) is 32.6 Å². The standard InChI is InChI=1S/C20H30N4O3/c1-2-27-18-8-6-17(7-9-18)24-15-16(14-19(24)25)22-20(26)21-10-5-13-23-11-3-4-12-23/h6-9,16H,2-5,10-15H2,1H3,(H2,21,22,26). The average Bonchev–Trinajstić information content (AvgIpc) is 3.29. The highest BCUT2D eigenvalue weighted by Gasteiger charge is 2.31. The molecule has 3 rings (SSSR count). The van der Waals surface area contributed by atoms with Crippen molar-refractivity contribution in [1.82, 2.24) is 15.5 Å². The number of carbonyl (C=O) groups excluding carboxylic acids is 2. The van der Waals surface area contributed by atoms with Crippen molar-refractivity contribution in [2.24, 2.45) is 0 Å². The molecule has 0 bridgehead atoms. The molecule has 3 amide bonds. The molecular formula is C20H30N4O3. The molecule has 148 valence electrons. The fraction of sp³-hybridized carbons (Fsp3) is 0.600. The maximum atomic E-state index is 12.3. The van der Waals surface area contributed by atoms with E-state index in [1.165, 1.54) is 25.9 Å². The summed E-state index contributed by atoms with van der Waals surface area (Å²) in [5, 5.41) is 5.82. The number of nitrogens with one attached hydrogen (secondary N) is 2. The van der Waals surface area contributed by atoms with Gasteiger partial charge in [-0.05, 0) is 70.1 Å². The van der Waals surface area contributed by atoms with Gasteiger partial charge in [-0.15, -0.1) is 0 Å². The molecule has 0 radical (unpaired) electrons. The van der Waals surface area contributed by atoms with Crippen LogP contribution in [0.15, 0.2) is 24.3 Å². The van der Waals surface area contributed by atoms with Gasteiger partial charge in [0.25, 0.3) is 0 Å². The van der Waals surface area contributed by atoms with Gasteiger partial charge in [-0.2, -0.15) is 0 Å². The summed E-state index contributed by atoms with van der Waals surface area (Å²) < 4.78 is 5.43. The second kappa shape index (κ2) is 9.60. The molecule has 27 heavy (non-hydrogen) atoms. The number of hydrogen-bond acceptors (Lipinski definition) is 4. The number of carbonyl (C=O) groups is 2. The van der Waals surface area contributed by atoms with Gasteiger partial charge in [-0.1, -0.05) is 0 Å². The fourth-order valence-electron chi connectivity index (χ4n) is 3.69. The molecule has 7 nitrogen and oxygen atoms in total. The number of ether oxygens (including phenoxy) is 1. The molecule has 7 heteroatoms. The summed E-state index contributed by atoms with van der Waals surface area (Å²) in [5.41, 5.74) is 0.832. The van der Waals surface area contributed by atoms with Crippen molar-refractivity contribution in [1.29, 1.82) is 0 Å². The maximum Gasteiger partial charge on any atom is 0.315 e. The molecule has 2 saturated heterocycles. The normalized spacial score (nSPS) is 20.1. The van der Waals surface area contributed by atoms with Crippen LogP contribution in [-0.4, -0.2) is 62.2 Å². The van der Waals surface area contributed by atoms with Crippen molar-refractivity contribution in [3.63, 3.8) is 0 Å². The molecule has 0 aliphatic carbocycles. The molecule has 0 spiro atoms. The van der Waals surface area contributed by atoms with E-state index in [1.54, 1.807) is 4.90 Å².